The predicted octanol–water partition coefficient (Wildman–Crippen LogP) is 5.07. The molecule has 0 aromatic heterocycles. The number of hydrogen-bond donors (Lipinski definition) is 1. The van der Waals surface area contributed by atoms with Crippen molar-refractivity contribution in [1.29, 1.82) is 0 Å². The molecule has 0 amide bonds. The average Bonchev–Trinajstić information content (AvgIpc) is 3.14. The van der Waals surface area contributed by atoms with Crippen LogP contribution in [0.1, 0.15) is 24.0 Å². The van der Waals surface area contributed by atoms with Crippen molar-refractivity contribution in [2.75, 3.05) is 19.0 Å². The van der Waals surface area contributed by atoms with E-state index in [0.29, 0.717) is 29.0 Å². The molecule has 0 spiro atoms. The van der Waals surface area contributed by atoms with Crippen molar-refractivity contribution in [1.82, 2.24) is 4.90 Å². The number of alkyl halides is 3. The van der Waals surface area contributed by atoms with Crippen LogP contribution in [0, 0.1) is 11.8 Å². The molecule has 4 rings (SSSR count). The predicted molar refractivity (Wildman–Crippen MR) is 105 cm³/mol. The van der Waals surface area contributed by atoms with E-state index in [2.05, 4.69) is 17.0 Å². The highest BCUT2D eigenvalue weighted by atomic mass is 32.2. The maximum absolute atomic E-state index is 12.9. The van der Waals surface area contributed by atoms with E-state index < -0.39 is 17.3 Å². The Balaban J connectivity index is 1.30. The summed E-state index contributed by atoms with van der Waals surface area (Å²) in [4.78, 5) is 2.95. The monoisotopic (exact) mass is 407 g/mol. The molecule has 1 aliphatic heterocycles. The SMILES string of the molecule is O[C@@]1(Cc2ccccc2)C[C@H]2CN(CSc3cccc(C(F)(F)F)c3)C[C@H]2C1. The molecule has 1 saturated carbocycles. The zero-order valence-corrected chi connectivity index (χ0v) is 16.3. The molecule has 1 heterocycles. The van der Waals surface area contributed by atoms with Gasteiger partial charge in [-0.2, -0.15) is 13.2 Å². The van der Waals surface area contributed by atoms with E-state index in [-0.39, 0.29) is 0 Å². The molecule has 0 unspecified atom stereocenters. The number of thioether (sulfide) groups is 1. The Morgan fingerprint density at radius 1 is 1.00 bits per heavy atom. The van der Waals surface area contributed by atoms with Gasteiger partial charge in [0, 0.05) is 30.3 Å². The second kappa shape index (κ2) is 7.73. The highest BCUT2D eigenvalue weighted by Crippen LogP contribution is 2.45. The standard InChI is InChI=1S/C22H24F3NOS/c23-22(24,25)19-7-4-8-20(9-19)28-15-26-13-17-11-21(27,12-18(17)14-26)10-16-5-2-1-3-6-16/h1-9,17-18,27H,10-15H2/t17-,18+,21-. The van der Waals surface area contributed by atoms with Gasteiger partial charge in [0.15, 0.2) is 0 Å². The van der Waals surface area contributed by atoms with Crippen molar-refractivity contribution >= 4 is 11.8 Å². The molecule has 0 radical (unpaired) electrons. The lowest BCUT2D eigenvalue weighted by atomic mass is 9.91. The number of aliphatic hydroxyl groups is 1. The van der Waals surface area contributed by atoms with Gasteiger partial charge in [0.2, 0.25) is 0 Å². The van der Waals surface area contributed by atoms with E-state index in [9.17, 15) is 18.3 Å². The van der Waals surface area contributed by atoms with Crippen LogP contribution in [-0.4, -0.2) is 34.6 Å². The molecular weight excluding hydrogens is 383 g/mol. The number of likely N-dealkylation sites (tertiary alicyclic amines) is 1. The van der Waals surface area contributed by atoms with E-state index in [4.69, 9.17) is 0 Å². The number of hydrogen-bond acceptors (Lipinski definition) is 3. The molecule has 2 fully saturated rings. The van der Waals surface area contributed by atoms with Crippen LogP contribution in [-0.2, 0) is 12.6 Å². The number of nitrogens with zero attached hydrogens (tertiary/aromatic N) is 1. The van der Waals surface area contributed by atoms with Crippen molar-refractivity contribution in [3.63, 3.8) is 0 Å². The van der Waals surface area contributed by atoms with E-state index in [0.717, 1.165) is 32.0 Å². The highest BCUT2D eigenvalue weighted by Gasteiger charge is 2.47. The summed E-state index contributed by atoms with van der Waals surface area (Å²) in [5.74, 6) is 1.62. The maximum Gasteiger partial charge on any atom is 0.416 e. The normalized spacial score (nSPS) is 27.9. The fraction of sp³-hybridized carbons (Fsp3) is 0.455. The zero-order chi connectivity index (χ0) is 19.8. The van der Waals surface area contributed by atoms with Crippen molar-refractivity contribution in [2.24, 2.45) is 11.8 Å². The lowest BCUT2D eigenvalue weighted by Gasteiger charge is -2.26. The summed E-state index contributed by atoms with van der Waals surface area (Å²) in [5, 5.41) is 11.0. The molecule has 1 N–H and O–H groups in total. The summed E-state index contributed by atoms with van der Waals surface area (Å²) >= 11 is 1.45. The van der Waals surface area contributed by atoms with Crippen LogP contribution in [0.2, 0.25) is 0 Å². The van der Waals surface area contributed by atoms with Crippen LogP contribution >= 0.6 is 11.8 Å². The zero-order valence-electron chi connectivity index (χ0n) is 15.5. The van der Waals surface area contributed by atoms with Gasteiger partial charge < -0.3 is 5.11 Å². The molecule has 3 atom stereocenters. The molecular formula is C22H24F3NOS. The first kappa shape index (κ1) is 19.8. The molecule has 6 heteroatoms. The van der Waals surface area contributed by atoms with Gasteiger partial charge in [0.1, 0.15) is 0 Å². The van der Waals surface area contributed by atoms with Gasteiger partial charge >= 0.3 is 6.18 Å². The third kappa shape index (κ3) is 4.56. The van der Waals surface area contributed by atoms with E-state index >= 15 is 0 Å². The number of fused-ring (bicyclic) bond motifs is 1. The summed E-state index contributed by atoms with van der Waals surface area (Å²) in [6, 6.07) is 15.6. The van der Waals surface area contributed by atoms with Crippen molar-refractivity contribution in [3.8, 4) is 0 Å². The average molecular weight is 408 g/mol. The number of rotatable bonds is 5. The third-order valence-corrected chi connectivity index (χ3v) is 6.97. The minimum Gasteiger partial charge on any atom is -0.390 e. The summed E-state index contributed by atoms with van der Waals surface area (Å²) in [5.41, 5.74) is -0.0551. The quantitative estimate of drug-likeness (QED) is 0.700. The molecule has 1 aliphatic carbocycles. The Kier molecular flexibility index (Phi) is 5.47. The van der Waals surface area contributed by atoms with Gasteiger partial charge in [-0.25, -0.2) is 0 Å². The molecule has 150 valence electrons. The van der Waals surface area contributed by atoms with Crippen LogP contribution in [0.4, 0.5) is 13.2 Å². The summed E-state index contributed by atoms with van der Waals surface area (Å²) < 4.78 is 38.6. The minimum absolute atomic E-state index is 0.468. The third-order valence-electron chi connectivity index (χ3n) is 5.89. The van der Waals surface area contributed by atoms with Crippen molar-refractivity contribution < 1.29 is 18.3 Å². The van der Waals surface area contributed by atoms with Crippen LogP contribution < -0.4 is 0 Å². The van der Waals surface area contributed by atoms with E-state index in [1.807, 2.05) is 18.2 Å². The fourth-order valence-corrected chi connectivity index (χ4v) is 5.64. The van der Waals surface area contributed by atoms with E-state index in [1.54, 1.807) is 6.07 Å². The largest absolute Gasteiger partial charge is 0.416 e. The first-order chi connectivity index (χ1) is 13.3. The van der Waals surface area contributed by atoms with Gasteiger partial charge in [0.25, 0.3) is 0 Å². The van der Waals surface area contributed by atoms with Crippen LogP contribution in [0.15, 0.2) is 59.5 Å². The Hall–Kier alpha value is -1.50. The Morgan fingerprint density at radius 2 is 1.68 bits per heavy atom. The highest BCUT2D eigenvalue weighted by molar-refractivity contribution is 7.99. The Bertz CT molecular complexity index is 797. The molecule has 2 nitrogen and oxygen atoms in total. The van der Waals surface area contributed by atoms with Gasteiger partial charge in [-0.05, 0) is 48.4 Å². The molecule has 2 aromatic rings. The molecule has 2 aliphatic rings. The van der Waals surface area contributed by atoms with Crippen LogP contribution in [0.3, 0.4) is 0 Å². The topological polar surface area (TPSA) is 23.5 Å². The molecule has 1 saturated heterocycles. The van der Waals surface area contributed by atoms with Crippen molar-refractivity contribution in [3.05, 3.63) is 65.7 Å². The van der Waals surface area contributed by atoms with Crippen LogP contribution in [0.25, 0.3) is 0 Å². The lowest BCUT2D eigenvalue weighted by molar-refractivity contribution is -0.137. The summed E-state index contributed by atoms with van der Waals surface area (Å²) in [6.07, 6.45) is -2.00. The fourth-order valence-electron chi connectivity index (χ4n) is 4.71. The second-order valence-corrected chi connectivity index (χ2v) is 9.17. The molecule has 0 bridgehead atoms. The van der Waals surface area contributed by atoms with Gasteiger partial charge in [0.05, 0.1) is 11.2 Å². The van der Waals surface area contributed by atoms with Gasteiger partial charge in [-0.3, -0.25) is 4.90 Å². The Labute approximate surface area is 167 Å². The smallest absolute Gasteiger partial charge is 0.390 e. The number of benzene rings is 2. The Morgan fingerprint density at radius 3 is 2.32 bits per heavy atom. The first-order valence-corrected chi connectivity index (χ1v) is 10.6. The van der Waals surface area contributed by atoms with Crippen LogP contribution in [0.5, 0.6) is 0 Å². The second-order valence-electron chi connectivity index (χ2n) is 8.15. The summed E-state index contributed by atoms with van der Waals surface area (Å²) in [7, 11) is 0. The van der Waals surface area contributed by atoms with E-state index in [1.165, 1.54) is 29.5 Å². The lowest BCUT2D eigenvalue weighted by Crippen LogP contribution is -2.32. The molecule has 28 heavy (non-hydrogen) atoms. The van der Waals surface area contributed by atoms with Gasteiger partial charge in [-0.15, -0.1) is 11.8 Å². The van der Waals surface area contributed by atoms with Crippen molar-refractivity contribution in [2.45, 2.75) is 35.9 Å². The maximum atomic E-state index is 12.9. The minimum atomic E-state index is -4.30. The molecule has 2 aromatic carbocycles. The number of halogens is 3. The first-order valence-electron chi connectivity index (χ1n) is 9.59. The van der Waals surface area contributed by atoms with Gasteiger partial charge in [-0.1, -0.05) is 36.4 Å². The summed E-state index contributed by atoms with van der Waals surface area (Å²) in [6.45, 7) is 1.82.